The van der Waals surface area contributed by atoms with Crippen molar-refractivity contribution in [3.05, 3.63) is 54.1 Å². The van der Waals surface area contributed by atoms with Gasteiger partial charge >= 0.3 is 0 Å². The van der Waals surface area contributed by atoms with Gasteiger partial charge in [-0.1, -0.05) is 20.3 Å². The van der Waals surface area contributed by atoms with Crippen LogP contribution in [0.1, 0.15) is 32.3 Å². The third-order valence-electron chi connectivity index (χ3n) is 5.92. The summed E-state index contributed by atoms with van der Waals surface area (Å²) >= 11 is 0. The minimum atomic E-state index is 0.256. The van der Waals surface area contributed by atoms with Crippen LogP contribution in [0.4, 0.5) is 0 Å². The molecule has 6 heteroatoms. The first-order valence-corrected chi connectivity index (χ1v) is 12.0. The van der Waals surface area contributed by atoms with Crippen LogP contribution in [0, 0.1) is 0 Å². The van der Waals surface area contributed by atoms with Crippen molar-refractivity contribution in [3.8, 4) is 34.0 Å². The summed E-state index contributed by atoms with van der Waals surface area (Å²) in [5, 5.41) is 5.08. The SMILES string of the molecule is CCCc1c(-c2ccc(OCC3CO3)cc2)nn(CCC)c1-c1ccc(OCC2CO2)cc1. The number of rotatable bonds is 12. The number of epoxide rings is 2. The Morgan fingerprint density at radius 1 is 0.818 bits per heavy atom. The standard InChI is InChI=1S/C27H32N2O4/c1-3-5-25-26(19-6-10-21(11-7-19)30-15-23-17-32-23)28-29(14-4-2)27(25)20-8-12-22(13-9-20)31-16-24-18-33-24/h6-13,23-24H,3-5,14-18H2,1-2H3. The fraction of sp³-hybridized carbons (Fsp3) is 0.444. The molecule has 2 atom stereocenters. The number of hydrogen-bond acceptors (Lipinski definition) is 5. The van der Waals surface area contributed by atoms with Crippen LogP contribution >= 0.6 is 0 Å². The third-order valence-corrected chi connectivity index (χ3v) is 5.92. The topological polar surface area (TPSA) is 61.3 Å². The van der Waals surface area contributed by atoms with Crippen molar-refractivity contribution in [2.45, 2.75) is 51.9 Å². The Morgan fingerprint density at radius 3 is 1.85 bits per heavy atom. The first kappa shape index (κ1) is 22.0. The lowest BCUT2D eigenvalue weighted by Gasteiger charge is -2.11. The summed E-state index contributed by atoms with van der Waals surface area (Å²) in [6, 6.07) is 16.7. The highest BCUT2D eigenvalue weighted by Gasteiger charge is 2.24. The molecule has 2 aromatic carbocycles. The van der Waals surface area contributed by atoms with Crippen molar-refractivity contribution in [2.75, 3.05) is 26.4 Å². The van der Waals surface area contributed by atoms with E-state index in [4.69, 9.17) is 24.0 Å². The van der Waals surface area contributed by atoms with Crippen molar-refractivity contribution in [3.63, 3.8) is 0 Å². The van der Waals surface area contributed by atoms with Gasteiger partial charge in [0.1, 0.15) is 36.9 Å². The predicted octanol–water partition coefficient (Wildman–Crippen LogP) is 5.13. The summed E-state index contributed by atoms with van der Waals surface area (Å²) in [5.41, 5.74) is 5.85. The van der Waals surface area contributed by atoms with Crippen molar-refractivity contribution >= 4 is 0 Å². The zero-order valence-electron chi connectivity index (χ0n) is 19.5. The van der Waals surface area contributed by atoms with E-state index >= 15 is 0 Å². The number of hydrogen-bond donors (Lipinski definition) is 0. The average molecular weight is 449 g/mol. The van der Waals surface area contributed by atoms with Gasteiger partial charge in [0.15, 0.2) is 0 Å². The number of aromatic nitrogens is 2. The Labute approximate surface area is 195 Å². The van der Waals surface area contributed by atoms with Crippen LogP contribution in [0.15, 0.2) is 48.5 Å². The van der Waals surface area contributed by atoms with Gasteiger partial charge in [0.2, 0.25) is 0 Å². The molecule has 0 bridgehead atoms. The fourth-order valence-electron chi connectivity index (χ4n) is 4.04. The first-order chi connectivity index (χ1) is 16.2. The molecule has 5 rings (SSSR count). The van der Waals surface area contributed by atoms with Crippen LogP contribution in [0.3, 0.4) is 0 Å². The van der Waals surface area contributed by atoms with Gasteiger partial charge in [0.25, 0.3) is 0 Å². The largest absolute Gasteiger partial charge is 0.491 e. The highest BCUT2D eigenvalue weighted by Crippen LogP contribution is 2.35. The minimum Gasteiger partial charge on any atom is -0.491 e. The van der Waals surface area contributed by atoms with E-state index in [1.165, 1.54) is 16.8 Å². The summed E-state index contributed by atoms with van der Waals surface area (Å²) in [7, 11) is 0. The molecule has 0 saturated carbocycles. The van der Waals surface area contributed by atoms with Gasteiger partial charge in [0.05, 0.1) is 24.6 Å². The van der Waals surface area contributed by atoms with Crippen LogP contribution in [0.25, 0.3) is 22.5 Å². The van der Waals surface area contributed by atoms with Gasteiger partial charge in [0, 0.05) is 23.2 Å². The first-order valence-electron chi connectivity index (χ1n) is 12.0. The molecule has 2 aliphatic rings. The monoisotopic (exact) mass is 448 g/mol. The van der Waals surface area contributed by atoms with Gasteiger partial charge in [-0.15, -0.1) is 0 Å². The molecule has 2 aliphatic heterocycles. The average Bonchev–Trinajstić information content (AvgIpc) is 3.77. The molecule has 0 spiro atoms. The highest BCUT2D eigenvalue weighted by molar-refractivity contribution is 5.75. The van der Waals surface area contributed by atoms with Crippen molar-refractivity contribution < 1.29 is 18.9 Å². The lowest BCUT2D eigenvalue weighted by molar-refractivity contribution is 0.263. The molecule has 3 aromatic rings. The van der Waals surface area contributed by atoms with E-state index in [9.17, 15) is 0 Å². The molecule has 174 valence electrons. The van der Waals surface area contributed by atoms with Crippen LogP contribution in [0.5, 0.6) is 11.5 Å². The number of ether oxygens (including phenoxy) is 4. The molecule has 2 saturated heterocycles. The fourth-order valence-corrected chi connectivity index (χ4v) is 4.04. The van der Waals surface area contributed by atoms with Crippen molar-refractivity contribution in [1.29, 1.82) is 0 Å². The van der Waals surface area contributed by atoms with Crippen molar-refractivity contribution in [1.82, 2.24) is 9.78 Å². The molecule has 3 heterocycles. The normalized spacial score (nSPS) is 18.8. The molecule has 2 fully saturated rings. The molecule has 0 radical (unpaired) electrons. The molecular weight excluding hydrogens is 416 g/mol. The Balaban J connectivity index is 1.43. The molecule has 6 nitrogen and oxygen atoms in total. The molecule has 2 unspecified atom stereocenters. The van der Waals surface area contributed by atoms with Crippen LogP contribution in [0.2, 0.25) is 0 Å². The maximum atomic E-state index is 5.83. The van der Waals surface area contributed by atoms with Crippen LogP contribution < -0.4 is 9.47 Å². The number of nitrogens with zero attached hydrogens (tertiary/aromatic N) is 2. The van der Waals surface area contributed by atoms with Gasteiger partial charge in [-0.3, -0.25) is 4.68 Å². The zero-order valence-corrected chi connectivity index (χ0v) is 19.5. The lowest BCUT2D eigenvalue weighted by Crippen LogP contribution is -2.04. The van der Waals surface area contributed by atoms with E-state index in [-0.39, 0.29) is 12.2 Å². The van der Waals surface area contributed by atoms with Gasteiger partial charge < -0.3 is 18.9 Å². The Hall–Kier alpha value is -2.83. The van der Waals surface area contributed by atoms with E-state index in [1.807, 2.05) is 24.3 Å². The summed E-state index contributed by atoms with van der Waals surface area (Å²) < 4.78 is 24.3. The summed E-state index contributed by atoms with van der Waals surface area (Å²) in [4.78, 5) is 0. The summed E-state index contributed by atoms with van der Waals surface area (Å²) in [6.07, 6.45) is 3.57. The summed E-state index contributed by atoms with van der Waals surface area (Å²) in [6.45, 7) is 8.13. The third kappa shape index (κ3) is 5.40. The van der Waals surface area contributed by atoms with Crippen molar-refractivity contribution in [2.24, 2.45) is 0 Å². The second-order valence-corrected chi connectivity index (χ2v) is 8.73. The zero-order chi connectivity index (χ0) is 22.6. The molecule has 33 heavy (non-hydrogen) atoms. The van der Waals surface area contributed by atoms with Crippen LogP contribution in [-0.4, -0.2) is 48.4 Å². The smallest absolute Gasteiger partial charge is 0.119 e. The van der Waals surface area contributed by atoms with E-state index in [2.05, 4.69) is 42.8 Å². The van der Waals surface area contributed by atoms with E-state index < -0.39 is 0 Å². The lowest BCUT2D eigenvalue weighted by atomic mass is 9.98. The molecular formula is C27H32N2O4. The molecule has 0 aliphatic carbocycles. The molecule has 0 amide bonds. The minimum absolute atomic E-state index is 0.256. The Morgan fingerprint density at radius 2 is 1.36 bits per heavy atom. The van der Waals surface area contributed by atoms with Gasteiger partial charge in [-0.25, -0.2) is 0 Å². The van der Waals surface area contributed by atoms with Gasteiger partial charge in [-0.2, -0.15) is 5.10 Å². The quantitative estimate of drug-likeness (QED) is 0.359. The second kappa shape index (κ2) is 9.98. The number of benzene rings is 2. The van der Waals surface area contributed by atoms with Gasteiger partial charge in [-0.05, 0) is 61.4 Å². The predicted molar refractivity (Wildman–Crippen MR) is 128 cm³/mol. The highest BCUT2D eigenvalue weighted by atomic mass is 16.6. The van der Waals surface area contributed by atoms with E-state index in [0.717, 1.165) is 61.8 Å². The second-order valence-electron chi connectivity index (χ2n) is 8.73. The molecule has 1 aromatic heterocycles. The van der Waals surface area contributed by atoms with Crippen LogP contribution in [-0.2, 0) is 22.4 Å². The number of aryl methyl sites for hydroxylation is 1. The van der Waals surface area contributed by atoms with E-state index in [1.54, 1.807) is 0 Å². The maximum Gasteiger partial charge on any atom is 0.119 e. The Kier molecular flexibility index (Phi) is 6.65. The molecule has 0 N–H and O–H groups in total. The van der Waals surface area contributed by atoms with E-state index in [0.29, 0.717) is 13.2 Å². The summed E-state index contributed by atoms with van der Waals surface area (Å²) in [5.74, 6) is 1.74. The maximum absolute atomic E-state index is 5.83. The Bertz CT molecular complexity index is 1050.